The molecule has 1 atom stereocenters. The SMILES string of the molecule is CCc1c2c(nc3cnc(C(=N)N)cc13)-c1cc3c(c(=O)n1C2)COC(=O)[C@]3(O)CC. The van der Waals surface area contributed by atoms with Crippen molar-refractivity contribution >= 4 is 22.7 Å². The highest BCUT2D eigenvalue weighted by Gasteiger charge is 2.45. The Kier molecular flexibility index (Phi) is 4.03. The fraction of sp³-hybridized carbons (Fsp3) is 0.318. The predicted molar refractivity (Wildman–Crippen MR) is 113 cm³/mol. The van der Waals surface area contributed by atoms with E-state index in [9.17, 15) is 14.7 Å². The van der Waals surface area contributed by atoms with Gasteiger partial charge in [0.25, 0.3) is 5.56 Å². The van der Waals surface area contributed by atoms with E-state index in [1.54, 1.807) is 29.8 Å². The summed E-state index contributed by atoms with van der Waals surface area (Å²) in [5.41, 5.74) is 8.16. The first-order valence-electron chi connectivity index (χ1n) is 10.1. The summed E-state index contributed by atoms with van der Waals surface area (Å²) in [4.78, 5) is 34.6. The summed E-state index contributed by atoms with van der Waals surface area (Å²) in [5.74, 6) is -0.869. The van der Waals surface area contributed by atoms with Crippen molar-refractivity contribution in [3.63, 3.8) is 0 Å². The Bertz CT molecular complexity index is 1380. The second-order valence-electron chi connectivity index (χ2n) is 7.87. The molecule has 0 saturated heterocycles. The number of hydrogen-bond donors (Lipinski definition) is 3. The van der Waals surface area contributed by atoms with E-state index in [-0.39, 0.29) is 24.4 Å². The lowest BCUT2D eigenvalue weighted by Crippen LogP contribution is -2.44. The van der Waals surface area contributed by atoms with E-state index < -0.39 is 11.6 Å². The number of esters is 1. The number of cyclic esters (lactones) is 1. The van der Waals surface area contributed by atoms with Crippen LogP contribution in [0, 0.1) is 5.41 Å². The van der Waals surface area contributed by atoms with Gasteiger partial charge in [0, 0.05) is 16.5 Å². The number of carbonyl (C=O) groups excluding carboxylic acids is 1. The van der Waals surface area contributed by atoms with Crippen LogP contribution in [0.4, 0.5) is 0 Å². The molecule has 0 saturated carbocycles. The first-order valence-corrected chi connectivity index (χ1v) is 10.1. The van der Waals surface area contributed by atoms with E-state index in [0.29, 0.717) is 46.7 Å². The Balaban J connectivity index is 1.81. The van der Waals surface area contributed by atoms with Gasteiger partial charge in [0.2, 0.25) is 0 Å². The minimum atomic E-state index is -1.85. The molecule has 0 aromatic carbocycles. The zero-order valence-electron chi connectivity index (χ0n) is 17.2. The number of ether oxygens (including phenoxy) is 1. The van der Waals surface area contributed by atoms with Crippen molar-refractivity contribution in [2.45, 2.75) is 45.4 Å². The molecule has 0 bridgehead atoms. The quantitative estimate of drug-likeness (QED) is 0.258. The van der Waals surface area contributed by atoms with Gasteiger partial charge in [-0.2, -0.15) is 0 Å². The number of nitrogens with one attached hydrogen (secondary N) is 1. The summed E-state index contributed by atoms with van der Waals surface area (Å²) >= 11 is 0. The van der Waals surface area contributed by atoms with Crippen LogP contribution in [-0.2, 0) is 34.7 Å². The van der Waals surface area contributed by atoms with Gasteiger partial charge in [-0.3, -0.25) is 15.2 Å². The maximum Gasteiger partial charge on any atom is 0.343 e. The number of nitrogens with zero attached hydrogens (tertiary/aromatic N) is 3. The molecule has 9 nitrogen and oxygen atoms in total. The molecule has 0 unspecified atom stereocenters. The topological polar surface area (TPSA) is 144 Å². The molecule has 3 aromatic heterocycles. The van der Waals surface area contributed by atoms with Crippen molar-refractivity contribution < 1.29 is 14.6 Å². The molecule has 4 N–H and O–H groups in total. The summed E-state index contributed by atoms with van der Waals surface area (Å²) in [6, 6.07) is 3.45. The summed E-state index contributed by atoms with van der Waals surface area (Å²) in [6.45, 7) is 3.86. The molecule has 0 fully saturated rings. The molecule has 5 rings (SSSR count). The van der Waals surface area contributed by atoms with Gasteiger partial charge in [0.1, 0.15) is 18.1 Å². The lowest BCUT2D eigenvalue weighted by molar-refractivity contribution is -0.172. The maximum absolute atomic E-state index is 13.3. The number of aromatic nitrogens is 3. The molecule has 2 aliphatic heterocycles. The van der Waals surface area contributed by atoms with Crippen molar-refractivity contribution in [1.29, 1.82) is 5.41 Å². The molecular formula is C22H21N5O4. The number of pyridine rings is 3. The van der Waals surface area contributed by atoms with Crippen LogP contribution >= 0.6 is 0 Å². The smallest absolute Gasteiger partial charge is 0.343 e. The molecule has 0 spiro atoms. The third-order valence-electron chi connectivity index (χ3n) is 6.32. The molecule has 0 radical (unpaired) electrons. The number of fused-ring (bicyclic) bond motifs is 5. The predicted octanol–water partition coefficient (Wildman–Crippen LogP) is 1.32. The van der Waals surface area contributed by atoms with Crippen LogP contribution < -0.4 is 11.3 Å². The van der Waals surface area contributed by atoms with Crippen LogP contribution in [0.25, 0.3) is 22.3 Å². The van der Waals surface area contributed by atoms with Crippen LogP contribution in [0.5, 0.6) is 0 Å². The molecule has 0 aliphatic carbocycles. The van der Waals surface area contributed by atoms with E-state index in [4.69, 9.17) is 20.9 Å². The zero-order chi connectivity index (χ0) is 22.1. The minimum absolute atomic E-state index is 0.0949. The summed E-state index contributed by atoms with van der Waals surface area (Å²) in [6.07, 6.45) is 2.35. The second-order valence-corrected chi connectivity index (χ2v) is 7.87. The number of nitrogens with two attached hydrogens (primary N) is 1. The number of amidine groups is 1. The normalized spacial score (nSPS) is 19.0. The first-order chi connectivity index (χ1) is 14.8. The van der Waals surface area contributed by atoms with E-state index in [2.05, 4.69) is 4.98 Å². The van der Waals surface area contributed by atoms with Crippen LogP contribution in [-0.4, -0.2) is 31.4 Å². The van der Waals surface area contributed by atoms with E-state index in [0.717, 1.165) is 16.5 Å². The van der Waals surface area contributed by atoms with Crippen LogP contribution in [0.3, 0.4) is 0 Å². The Labute approximate surface area is 177 Å². The molecule has 3 aromatic rings. The van der Waals surface area contributed by atoms with Gasteiger partial charge >= 0.3 is 5.97 Å². The Morgan fingerprint density at radius 2 is 2.10 bits per heavy atom. The van der Waals surface area contributed by atoms with E-state index >= 15 is 0 Å². The van der Waals surface area contributed by atoms with Gasteiger partial charge < -0.3 is 20.1 Å². The Morgan fingerprint density at radius 3 is 2.77 bits per heavy atom. The fourth-order valence-corrected chi connectivity index (χ4v) is 4.62. The highest BCUT2D eigenvalue weighted by Crippen LogP contribution is 2.40. The fourth-order valence-electron chi connectivity index (χ4n) is 4.62. The monoisotopic (exact) mass is 419 g/mol. The maximum atomic E-state index is 13.3. The standard InChI is InChI=1S/C22H21N5O4/c1-3-10-11-5-15(19(23)24)25-7-16(11)26-18-12(10)8-27-17(18)6-14-13(20(27)28)9-31-21(29)22(14,30)4-2/h5-7,30H,3-4,8-9H2,1-2H3,(H3,23,24)/t22-/m0/s1. The molecule has 9 heteroatoms. The van der Waals surface area contributed by atoms with Gasteiger partial charge in [-0.25, -0.2) is 9.78 Å². The van der Waals surface area contributed by atoms with Crippen molar-refractivity contribution in [3.05, 3.63) is 56.6 Å². The molecule has 31 heavy (non-hydrogen) atoms. The van der Waals surface area contributed by atoms with E-state index in [1.807, 2.05) is 6.92 Å². The van der Waals surface area contributed by atoms with Crippen molar-refractivity contribution in [2.24, 2.45) is 5.73 Å². The molecule has 2 aliphatic rings. The average Bonchev–Trinajstić information content (AvgIpc) is 3.13. The van der Waals surface area contributed by atoms with Crippen LogP contribution in [0.1, 0.15) is 48.2 Å². The molecule has 0 amide bonds. The van der Waals surface area contributed by atoms with Crippen molar-refractivity contribution in [3.8, 4) is 11.4 Å². The van der Waals surface area contributed by atoms with Crippen molar-refractivity contribution in [1.82, 2.24) is 14.5 Å². The molecule has 5 heterocycles. The minimum Gasteiger partial charge on any atom is -0.458 e. The van der Waals surface area contributed by atoms with E-state index in [1.165, 1.54) is 0 Å². The Morgan fingerprint density at radius 1 is 1.32 bits per heavy atom. The summed E-state index contributed by atoms with van der Waals surface area (Å²) in [7, 11) is 0. The number of rotatable bonds is 3. The highest BCUT2D eigenvalue weighted by molar-refractivity contribution is 5.98. The van der Waals surface area contributed by atoms with Gasteiger partial charge in [-0.1, -0.05) is 13.8 Å². The number of nitrogen functional groups attached to an aromatic ring is 1. The van der Waals surface area contributed by atoms with Crippen LogP contribution in [0.2, 0.25) is 0 Å². The lowest BCUT2D eigenvalue weighted by Gasteiger charge is -2.31. The number of aliphatic hydroxyl groups is 1. The summed E-state index contributed by atoms with van der Waals surface area (Å²) < 4.78 is 6.73. The van der Waals surface area contributed by atoms with Gasteiger partial charge in [0.15, 0.2) is 5.60 Å². The van der Waals surface area contributed by atoms with Gasteiger partial charge in [-0.05, 0) is 30.5 Å². The highest BCUT2D eigenvalue weighted by atomic mass is 16.6. The summed E-state index contributed by atoms with van der Waals surface area (Å²) in [5, 5.41) is 19.5. The zero-order valence-corrected chi connectivity index (χ0v) is 17.2. The third-order valence-corrected chi connectivity index (χ3v) is 6.32. The molecular weight excluding hydrogens is 398 g/mol. The van der Waals surface area contributed by atoms with Crippen LogP contribution in [0.15, 0.2) is 23.1 Å². The first kappa shape index (κ1) is 19.4. The van der Waals surface area contributed by atoms with Crippen molar-refractivity contribution in [2.75, 3.05) is 0 Å². The Hall–Kier alpha value is -3.59. The third kappa shape index (κ3) is 2.50. The number of aryl methyl sites for hydroxylation is 1. The number of hydrogen-bond acceptors (Lipinski definition) is 7. The lowest BCUT2D eigenvalue weighted by atomic mass is 9.86. The van der Waals surface area contributed by atoms with Gasteiger partial charge in [0.05, 0.1) is 35.2 Å². The van der Waals surface area contributed by atoms with Gasteiger partial charge in [-0.15, -0.1) is 0 Å². The number of carbonyl (C=O) groups is 1. The second kappa shape index (κ2) is 6.45. The molecule has 158 valence electrons. The largest absolute Gasteiger partial charge is 0.458 e. The average molecular weight is 419 g/mol.